The van der Waals surface area contributed by atoms with E-state index in [0.29, 0.717) is 5.56 Å². The van der Waals surface area contributed by atoms with Crippen molar-refractivity contribution in [3.63, 3.8) is 0 Å². The molecular formula is C17H21N3O2. The maximum atomic E-state index is 12.1. The van der Waals surface area contributed by atoms with Crippen molar-refractivity contribution < 1.29 is 9.90 Å². The van der Waals surface area contributed by atoms with Gasteiger partial charge in [-0.2, -0.15) is 0 Å². The highest BCUT2D eigenvalue weighted by Gasteiger charge is 2.10. The van der Waals surface area contributed by atoms with Crippen molar-refractivity contribution in [2.45, 2.75) is 20.4 Å². The molecule has 0 aliphatic carbocycles. The summed E-state index contributed by atoms with van der Waals surface area (Å²) in [6, 6.07) is 10.6. The summed E-state index contributed by atoms with van der Waals surface area (Å²) in [5, 5.41) is 12.2. The molecule has 1 aromatic heterocycles. The van der Waals surface area contributed by atoms with E-state index >= 15 is 0 Å². The number of nitrogens with one attached hydrogen (secondary N) is 1. The molecule has 0 saturated carbocycles. The van der Waals surface area contributed by atoms with Gasteiger partial charge in [-0.05, 0) is 42.9 Å². The Morgan fingerprint density at radius 3 is 2.45 bits per heavy atom. The predicted octanol–water partition coefficient (Wildman–Crippen LogP) is 2.88. The number of rotatable bonds is 6. The summed E-state index contributed by atoms with van der Waals surface area (Å²) < 4.78 is 0. The van der Waals surface area contributed by atoms with Gasteiger partial charge in [0.2, 0.25) is 0 Å². The van der Waals surface area contributed by atoms with Gasteiger partial charge in [0.15, 0.2) is 11.6 Å². The van der Waals surface area contributed by atoms with Crippen LogP contribution in [-0.2, 0) is 6.54 Å². The average Bonchev–Trinajstić information content (AvgIpc) is 2.55. The number of carbonyl (C=O) groups excluding carboxylic acids is 1. The van der Waals surface area contributed by atoms with E-state index in [2.05, 4.69) is 29.0 Å². The lowest BCUT2D eigenvalue weighted by Gasteiger charge is -2.18. The fourth-order valence-corrected chi connectivity index (χ4v) is 2.14. The van der Waals surface area contributed by atoms with E-state index in [-0.39, 0.29) is 17.5 Å². The van der Waals surface area contributed by atoms with Gasteiger partial charge in [0.05, 0.1) is 0 Å². The normalized spacial score (nSPS) is 10.7. The first kappa shape index (κ1) is 16.0. The lowest BCUT2D eigenvalue weighted by molar-refractivity contribution is 0.102. The summed E-state index contributed by atoms with van der Waals surface area (Å²) >= 11 is 0. The zero-order chi connectivity index (χ0) is 15.9. The molecule has 0 unspecified atom stereocenters. The third kappa shape index (κ3) is 4.05. The van der Waals surface area contributed by atoms with Gasteiger partial charge in [-0.25, -0.2) is 4.98 Å². The molecule has 5 nitrogen and oxygen atoms in total. The third-order valence-corrected chi connectivity index (χ3v) is 3.54. The van der Waals surface area contributed by atoms with E-state index in [4.69, 9.17) is 0 Å². The van der Waals surface area contributed by atoms with Crippen LogP contribution in [0, 0.1) is 0 Å². The van der Waals surface area contributed by atoms with Gasteiger partial charge >= 0.3 is 0 Å². The monoisotopic (exact) mass is 299 g/mol. The standard InChI is InChI=1S/C17H21N3O2/c1-3-20(4-2)12-13-7-9-14(10-8-13)17(22)19-16-15(21)6-5-11-18-16/h5-11,21H,3-4,12H2,1-2H3,(H,18,19,22). The number of aromatic hydroxyl groups is 1. The van der Waals surface area contributed by atoms with E-state index in [9.17, 15) is 9.90 Å². The van der Waals surface area contributed by atoms with Crippen molar-refractivity contribution in [1.82, 2.24) is 9.88 Å². The number of anilines is 1. The van der Waals surface area contributed by atoms with Gasteiger partial charge in [0.1, 0.15) is 0 Å². The molecule has 0 radical (unpaired) electrons. The highest BCUT2D eigenvalue weighted by atomic mass is 16.3. The van der Waals surface area contributed by atoms with Gasteiger partial charge in [-0.15, -0.1) is 0 Å². The molecule has 1 heterocycles. The smallest absolute Gasteiger partial charge is 0.256 e. The second-order valence-electron chi connectivity index (χ2n) is 4.98. The Bertz CT molecular complexity index is 622. The Labute approximate surface area is 130 Å². The summed E-state index contributed by atoms with van der Waals surface area (Å²) in [6.45, 7) is 7.13. The summed E-state index contributed by atoms with van der Waals surface area (Å²) in [5.74, 6) is -0.169. The number of carbonyl (C=O) groups is 1. The van der Waals surface area contributed by atoms with E-state index < -0.39 is 0 Å². The van der Waals surface area contributed by atoms with E-state index in [0.717, 1.165) is 19.6 Å². The number of hydrogen-bond acceptors (Lipinski definition) is 4. The van der Waals surface area contributed by atoms with Crippen molar-refractivity contribution >= 4 is 11.7 Å². The number of pyridine rings is 1. The fourth-order valence-electron chi connectivity index (χ4n) is 2.14. The Kier molecular flexibility index (Phi) is 5.49. The predicted molar refractivity (Wildman–Crippen MR) is 86.9 cm³/mol. The molecule has 22 heavy (non-hydrogen) atoms. The topological polar surface area (TPSA) is 65.5 Å². The first-order chi connectivity index (χ1) is 10.6. The minimum atomic E-state index is -0.289. The van der Waals surface area contributed by atoms with Gasteiger partial charge in [-0.1, -0.05) is 26.0 Å². The molecule has 1 aromatic carbocycles. The van der Waals surface area contributed by atoms with Crippen LogP contribution in [0.4, 0.5) is 5.82 Å². The van der Waals surface area contributed by atoms with Crippen LogP contribution < -0.4 is 5.32 Å². The molecule has 0 atom stereocenters. The largest absolute Gasteiger partial charge is 0.504 e. The second kappa shape index (κ2) is 7.56. The molecule has 0 fully saturated rings. The van der Waals surface area contributed by atoms with Crippen LogP contribution in [0.15, 0.2) is 42.6 Å². The zero-order valence-electron chi connectivity index (χ0n) is 12.9. The summed E-state index contributed by atoms with van der Waals surface area (Å²) in [5.41, 5.74) is 1.70. The molecule has 2 rings (SSSR count). The Hall–Kier alpha value is -2.40. The summed E-state index contributed by atoms with van der Waals surface area (Å²) in [4.78, 5) is 18.4. The Morgan fingerprint density at radius 1 is 1.18 bits per heavy atom. The molecular weight excluding hydrogens is 278 g/mol. The van der Waals surface area contributed by atoms with E-state index in [1.807, 2.05) is 12.1 Å². The number of amides is 1. The first-order valence-corrected chi connectivity index (χ1v) is 7.40. The van der Waals surface area contributed by atoms with Crippen LogP contribution in [-0.4, -0.2) is 34.0 Å². The van der Waals surface area contributed by atoms with Gasteiger partial charge in [0.25, 0.3) is 5.91 Å². The second-order valence-corrected chi connectivity index (χ2v) is 4.98. The van der Waals surface area contributed by atoms with Crippen LogP contribution in [0.5, 0.6) is 5.75 Å². The van der Waals surface area contributed by atoms with Crippen molar-refractivity contribution in [2.75, 3.05) is 18.4 Å². The zero-order valence-corrected chi connectivity index (χ0v) is 12.9. The molecule has 2 aromatic rings. The van der Waals surface area contributed by atoms with Crippen LogP contribution in [0.1, 0.15) is 29.8 Å². The van der Waals surface area contributed by atoms with Gasteiger partial charge < -0.3 is 10.4 Å². The molecule has 5 heteroatoms. The van der Waals surface area contributed by atoms with Crippen molar-refractivity contribution in [3.8, 4) is 5.75 Å². The maximum absolute atomic E-state index is 12.1. The van der Waals surface area contributed by atoms with Crippen LogP contribution in [0.2, 0.25) is 0 Å². The molecule has 1 amide bonds. The minimum absolute atomic E-state index is 0.0472. The van der Waals surface area contributed by atoms with E-state index in [1.165, 1.54) is 17.8 Å². The SMILES string of the molecule is CCN(CC)Cc1ccc(C(=O)Nc2ncccc2O)cc1. The van der Waals surface area contributed by atoms with E-state index in [1.54, 1.807) is 18.2 Å². The molecule has 0 aliphatic heterocycles. The quantitative estimate of drug-likeness (QED) is 0.861. The number of benzene rings is 1. The lowest BCUT2D eigenvalue weighted by Crippen LogP contribution is -2.22. The Morgan fingerprint density at radius 2 is 1.86 bits per heavy atom. The van der Waals surface area contributed by atoms with Crippen LogP contribution >= 0.6 is 0 Å². The van der Waals surface area contributed by atoms with Gasteiger partial charge in [-0.3, -0.25) is 9.69 Å². The minimum Gasteiger partial charge on any atom is -0.504 e. The van der Waals surface area contributed by atoms with Crippen molar-refractivity contribution in [2.24, 2.45) is 0 Å². The summed E-state index contributed by atoms with van der Waals surface area (Å²) in [7, 11) is 0. The van der Waals surface area contributed by atoms with Crippen LogP contribution in [0.3, 0.4) is 0 Å². The average molecular weight is 299 g/mol. The van der Waals surface area contributed by atoms with Crippen molar-refractivity contribution in [1.29, 1.82) is 0 Å². The molecule has 2 N–H and O–H groups in total. The van der Waals surface area contributed by atoms with Gasteiger partial charge in [0, 0.05) is 18.3 Å². The number of nitrogens with zero attached hydrogens (tertiary/aromatic N) is 2. The van der Waals surface area contributed by atoms with Crippen molar-refractivity contribution in [3.05, 3.63) is 53.7 Å². The fraction of sp³-hybridized carbons (Fsp3) is 0.294. The maximum Gasteiger partial charge on any atom is 0.256 e. The lowest BCUT2D eigenvalue weighted by atomic mass is 10.1. The number of aromatic nitrogens is 1. The summed E-state index contributed by atoms with van der Waals surface area (Å²) in [6.07, 6.45) is 1.52. The highest BCUT2D eigenvalue weighted by molar-refractivity contribution is 6.04. The molecule has 0 spiro atoms. The highest BCUT2D eigenvalue weighted by Crippen LogP contribution is 2.19. The van der Waals surface area contributed by atoms with Crippen LogP contribution in [0.25, 0.3) is 0 Å². The third-order valence-electron chi connectivity index (χ3n) is 3.54. The molecule has 0 saturated heterocycles. The first-order valence-electron chi connectivity index (χ1n) is 7.40. The molecule has 0 aliphatic rings. The Balaban J connectivity index is 2.04. The molecule has 0 bridgehead atoms. The number of hydrogen-bond donors (Lipinski definition) is 2. The molecule has 116 valence electrons.